The number of benzene rings is 1. The number of hydrogen-bond donors (Lipinski definition) is 1. The molecule has 0 bridgehead atoms. The zero-order valence-corrected chi connectivity index (χ0v) is 14.8. The summed E-state index contributed by atoms with van der Waals surface area (Å²) in [7, 11) is -1.85. The molecule has 3 rings (SSSR count). The Morgan fingerprint density at radius 2 is 2.00 bits per heavy atom. The van der Waals surface area contributed by atoms with E-state index in [9.17, 15) is 13.5 Å². The fourth-order valence-electron chi connectivity index (χ4n) is 3.87. The number of ether oxygens (including phenoxy) is 1. The van der Waals surface area contributed by atoms with E-state index in [1.54, 1.807) is 14.0 Å². The standard InChI is InChI=1S/C17H25NO4S/c1-4-23(20,21)18(3)15-13-11-12(2)7-8-14(13)22-17(16(15)19)9-5-6-10-17/h7-8,11,15-16,19H,4-6,9-10H2,1-3H3. The minimum Gasteiger partial charge on any atom is -0.484 e. The quantitative estimate of drug-likeness (QED) is 0.918. The molecule has 1 aliphatic carbocycles. The van der Waals surface area contributed by atoms with Gasteiger partial charge in [0.15, 0.2) is 0 Å². The van der Waals surface area contributed by atoms with Crippen LogP contribution in [0.25, 0.3) is 0 Å². The van der Waals surface area contributed by atoms with Gasteiger partial charge in [-0.3, -0.25) is 0 Å². The minimum atomic E-state index is -3.41. The fraction of sp³-hybridized carbons (Fsp3) is 0.647. The molecule has 128 valence electrons. The summed E-state index contributed by atoms with van der Waals surface area (Å²) in [5, 5.41) is 11.1. The lowest BCUT2D eigenvalue weighted by Gasteiger charge is -2.46. The van der Waals surface area contributed by atoms with Crippen LogP contribution in [-0.4, -0.2) is 42.3 Å². The first kappa shape index (κ1) is 16.7. The maximum absolute atomic E-state index is 12.4. The number of aliphatic hydroxyl groups excluding tert-OH is 1. The van der Waals surface area contributed by atoms with E-state index in [1.165, 1.54) is 4.31 Å². The van der Waals surface area contributed by atoms with Crippen LogP contribution in [0.5, 0.6) is 5.75 Å². The first-order chi connectivity index (χ1) is 10.8. The maximum Gasteiger partial charge on any atom is 0.214 e. The van der Waals surface area contributed by atoms with Crippen LogP contribution < -0.4 is 4.74 Å². The van der Waals surface area contributed by atoms with Crippen molar-refractivity contribution >= 4 is 10.0 Å². The number of fused-ring (bicyclic) bond motifs is 1. The lowest BCUT2D eigenvalue weighted by Crippen LogP contribution is -2.55. The van der Waals surface area contributed by atoms with Gasteiger partial charge >= 0.3 is 0 Å². The SMILES string of the molecule is CCS(=O)(=O)N(C)C1c2cc(C)ccc2OC2(CCCC2)C1O. The van der Waals surface area contributed by atoms with Crippen LogP contribution in [0, 0.1) is 6.92 Å². The monoisotopic (exact) mass is 339 g/mol. The van der Waals surface area contributed by atoms with Gasteiger partial charge in [-0.15, -0.1) is 0 Å². The third-order valence-electron chi connectivity index (χ3n) is 5.28. The number of rotatable bonds is 3. The smallest absolute Gasteiger partial charge is 0.214 e. The highest BCUT2D eigenvalue weighted by Crippen LogP contribution is 2.49. The second-order valence-corrected chi connectivity index (χ2v) is 9.04. The van der Waals surface area contributed by atoms with E-state index in [-0.39, 0.29) is 5.75 Å². The van der Waals surface area contributed by atoms with Gasteiger partial charge < -0.3 is 9.84 Å². The molecule has 2 atom stereocenters. The molecule has 23 heavy (non-hydrogen) atoms. The maximum atomic E-state index is 12.4. The van der Waals surface area contributed by atoms with Crippen molar-refractivity contribution in [1.29, 1.82) is 0 Å². The number of aliphatic hydroxyl groups is 1. The lowest BCUT2D eigenvalue weighted by molar-refractivity contribution is -0.0941. The molecule has 1 saturated carbocycles. The number of hydrogen-bond acceptors (Lipinski definition) is 4. The molecule has 2 unspecified atom stereocenters. The van der Waals surface area contributed by atoms with E-state index in [0.717, 1.165) is 36.8 Å². The molecule has 1 aliphatic heterocycles. The Hall–Kier alpha value is -1.11. The highest BCUT2D eigenvalue weighted by atomic mass is 32.2. The van der Waals surface area contributed by atoms with Gasteiger partial charge in [-0.2, -0.15) is 4.31 Å². The van der Waals surface area contributed by atoms with Gasteiger partial charge in [0.05, 0.1) is 11.8 Å². The second-order valence-electron chi connectivity index (χ2n) is 6.72. The Kier molecular flexibility index (Phi) is 4.19. The Balaban J connectivity index is 2.13. The first-order valence-corrected chi connectivity index (χ1v) is 9.85. The van der Waals surface area contributed by atoms with Gasteiger partial charge in [0.1, 0.15) is 17.5 Å². The van der Waals surface area contributed by atoms with Crippen LogP contribution in [0.2, 0.25) is 0 Å². The van der Waals surface area contributed by atoms with Crippen molar-refractivity contribution in [3.63, 3.8) is 0 Å². The zero-order valence-electron chi connectivity index (χ0n) is 13.9. The zero-order chi connectivity index (χ0) is 16.8. The van der Waals surface area contributed by atoms with E-state index < -0.39 is 27.8 Å². The van der Waals surface area contributed by atoms with Crippen molar-refractivity contribution in [2.45, 2.75) is 57.3 Å². The van der Waals surface area contributed by atoms with E-state index in [0.29, 0.717) is 5.75 Å². The van der Waals surface area contributed by atoms with Crippen molar-refractivity contribution in [2.75, 3.05) is 12.8 Å². The molecule has 1 N–H and O–H groups in total. The summed E-state index contributed by atoms with van der Waals surface area (Å²) in [5.41, 5.74) is 1.12. The van der Waals surface area contributed by atoms with Crippen molar-refractivity contribution < 1.29 is 18.3 Å². The highest BCUT2D eigenvalue weighted by molar-refractivity contribution is 7.89. The van der Waals surface area contributed by atoms with Crippen molar-refractivity contribution in [3.8, 4) is 5.75 Å². The largest absolute Gasteiger partial charge is 0.484 e. The third kappa shape index (κ3) is 2.66. The first-order valence-electron chi connectivity index (χ1n) is 8.24. The van der Waals surface area contributed by atoms with Gasteiger partial charge in [-0.05, 0) is 45.6 Å². The summed E-state index contributed by atoms with van der Waals surface area (Å²) in [6.07, 6.45) is 2.66. The summed E-state index contributed by atoms with van der Waals surface area (Å²) in [4.78, 5) is 0. The van der Waals surface area contributed by atoms with E-state index >= 15 is 0 Å². The van der Waals surface area contributed by atoms with Crippen LogP contribution in [0.4, 0.5) is 0 Å². The summed E-state index contributed by atoms with van der Waals surface area (Å²) < 4.78 is 32.4. The molecule has 6 heteroatoms. The molecule has 1 heterocycles. The summed E-state index contributed by atoms with van der Waals surface area (Å²) in [5.74, 6) is 0.716. The number of sulfonamides is 1. The van der Waals surface area contributed by atoms with Gasteiger partial charge in [0, 0.05) is 12.6 Å². The molecular formula is C17H25NO4S. The lowest BCUT2D eigenvalue weighted by atomic mass is 9.82. The van der Waals surface area contributed by atoms with Gasteiger partial charge in [-0.1, -0.05) is 17.7 Å². The van der Waals surface area contributed by atoms with Crippen molar-refractivity contribution in [1.82, 2.24) is 4.31 Å². The molecule has 0 saturated heterocycles. The molecule has 1 fully saturated rings. The van der Waals surface area contributed by atoms with Gasteiger partial charge in [0.2, 0.25) is 10.0 Å². The van der Waals surface area contributed by atoms with Crippen molar-refractivity contribution in [2.24, 2.45) is 0 Å². The van der Waals surface area contributed by atoms with E-state index in [2.05, 4.69) is 0 Å². The molecule has 2 aliphatic rings. The number of aryl methyl sites for hydroxylation is 1. The molecule has 1 spiro atoms. The Bertz CT molecular complexity index is 695. The Labute approximate surface area is 138 Å². The van der Waals surface area contributed by atoms with Crippen LogP contribution in [0.3, 0.4) is 0 Å². The Morgan fingerprint density at radius 3 is 2.61 bits per heavy atom. The van der Waals surface area contributed by atoms with Crippen molar-refractivity contribution in [3.05, 3.63) is 29.3 Å². The average molecular weight is 339 g/mol. The molecule has 0 amide bonds. The third-order valence-corrected chi connectivity index (χ3v) is 7.11. The van der Waals surface area contributed by atoms with Crippen LogP contribution in [0.1, 0.15) is 49.8 Å². The van der Waals surface area contributed by atoms with Gasteiger partial charge in [-0.25, -0.2) is 8.42 Å². The molecule has 5 nitrogen and oxygen atoms in total. The number of nitrogens with zero attached hydrogens (tertiary/aromatic N) is 1. The molecule has 0 aromatic heterocycles. The minimum absolute atomic E-state index is 0.0156. The predicted molar refractivity (Wildman–Crippen MR) is 89.0 cm³/mol. The van der Waals surface area contributed by atoms with E-state index in [1.807, 2.05) is 25.1 Å². The molecular weight excluding hydrogens is 314 g/mol. The molecule has 0 radical (unpaired) electrons. The van der Waals surface area contributed by atoms with Gasteiger partial charge in [0.25, 0.3) is 0 Å². The molecule has 1 aromatic rings. The Morgan fingerprint density at radius 1 is 1.35 bits per heavy atom. The normalized spacial score (nSPS) is 26.3. The molecule has 1 aromatic carbocycles. The van der Waals surface area contributed by atoms with E-state index in [4.69, 9.17) is 4.74 Å². The topological polar surface area (TPSA) is 66.8 Å². The summed E-state index contributed by atoms with van der Waals surface area (Å²) in [6, 6.07) is 5.19. The fourth-order valence-corrected chi connectivity index (χ4v) is 4.85. The average Bonchev–Trinajstić information content (AvgIpc) is 2.98. The highest BCUT2D eigenvalue weighted by Gasteiger charge is 2.53. The second kappa shape index (κ2) is 5.76. The summed E-state index contributed by atoms with van der Waals surface area (Å²) in [6.45, 7) is 3.58. The predicted octanol–water partition coefficient (Wildman–Crippen LogP) is 2.38. The number of likely N-dealkylation sites (N-methyl/N-ethyl adjacent to an activating group) is 1. The summed E-state index contributed by atoms with van der Waals surface area (Å²) >= 11 is 0. The van der Waals surface area contributed by atoms with Crippen LogP contribution in [-0.2, 0) is 10.0 Å². The van der Waals surface area contributed by atoms with Crippen LogP contribution >= 0.6 is 0 Å². The van der Waals surface area contributed by atoms with Crippen LogP contribution in [0.15, 0.2) is 18.2 Å².